The number of primary amides is 1. The van der Waals surface area contributed by atoms with Gasteiger partial charge < -0.3 is 16.1 Å². The van der Waals surface area contributed by atoms with Gasteiger partial charge in [-0.2, -0.15) is 14.6 Å². The summed E-state index contributed by atoms with van der Waals surface area (Å²) >= 11 is 0. The molecular formula is C12H11N5O4. The van der Waals surface area contributed by atoms with Crippen molar-refractivity contribution >= 4 is 29.1 Å². The second kappa shape index (κ2) is 5.41. The summed E-state index contributed by atoms with van der Waals surface area (Å²) in [5, 5.41) is 27.7. The lowest BCUT2D eigenvalue weighted by Gasteiger charge is -2.08. The monoisotopic (exact) mass is 289 g/mol. The van der Waals surface area contributed by atoms with E-state index in [0.29, 0.717) is 9.46 Å². The zero-order valence-corrected chi connectivity index (χ0v) is 10.9. The van der Waals surface area contributed by atoms with Gasteiger partial charge >= 0.3 is 17.5 Å². The first-order valence-electron chi connectivity index (χ1n) is 5.80. The van der Waals surface area contributed by atoms with E-state index >= 15 is 0 Å². The molecule has 1 aromatic carbocycles. The molecule has 0 aliphatic carbocycles. The molecule has 1 heterocycles. The molecular weight excluding hydrogens is 278 g/mol. The first-order chi connectivity index (χ1) is 9.93. The standard InChI is InChI=1S/C12H11N5O4/c1-7-10(6-14-15-12(19)11(13)18)17(21)9-5-3-2-4-8(9)16(7)20/h2-6H,1H3,(H2,13,18)(H,15,19)/b14-6+. The summed E-state index contributed by atoms with van der Waals surface area (Å²) in [6.07, 6.45) is 0.976. The van der Waals surface area contributed by atoms with Gasteiger partial charge in [-0.25, -0.2) is 5.43 Å². The Hall–Kier alpha value is -3.23. The number of hydrogen-bond acceptors (Lipinski definition) is 5. The van der Waals surface area contributed by atoms with Crippen molar-refractivity contribution in [1.29, 1.82) is 0 Å². The third-order valence-electron chi connectivity index (χ3n) is 2.79. The van der Waals surface area contributed by atoms with E-state index in [1.54, 1.807) is 12.1 Å². The van der Waals surface area contributed by atoms with Crippen LogP contribution in [-0.2, 0) is 9.59 Å². The van der Waals surface area contributed by atoms with Gasteiger partial charge in [-0.3, -0.25) is 9.59 Å². The highest BCUT2D eigenvalue weighted by Crippen LogP contribution is 2.07. The van der Waals surface area contributed by atoms with E-state index in [0.717, 1.165) is 6.21 Å². The minimum Gasteiger partial charge on any atom is -0.618 e. The van der Waals surface area contributed by atoms with Gasteiger partial charge in [0.2, 0.25) is 0 Å². The number of hydrazone groups is 1. The molecule has 2 amide bonds. The average molecular weight is 289 g/mol. The Balaban J connectivity index is 2.47. The molecule has 0 aliphatic heterocycles. The normalized spacial score (nSPS) is 10.9. The maximum Gasteiger partial charge on any atom is 0.329 e. The van der Waals surface area contributed by atoms with Gasteiger partial charge in [0.15, 0.2) is 0 Å². The van der Waals surface area contributed by atoms with Crippen LogP contribution in [0.4, 0.5) is 0 Å². The molecule has 9 nitrogen and oxygen atoms in total. The predicted octanol–water partition coefficient (Wildman–Crippen LogP) is -1.65. The van der Waals surface area contributed by atoms with E-state index in [1.807, 2.05) is 5.43 Å². The number of para-hydroxylation sites is 2. The third kappa shape index (κ3) is 2.56. The number of fused-ring (bicyclic) bond motifs is 1. The Morgan fingerprint density at radius 1 is 1.24 bits per heavy atom. The van der Waals surface area contributed by atoms with Crippen LogP contribution in [0.25, 0.3) is 11.0 Å². The van der Waals surface area contributed by atoms with Crippen LogP contribution in [-0.4, -0.2) is 18.0 Å². The van der Waals surface area contributed by atoms with Gasteiger partial charge in [-0.1, -0.05) is 12.1 Å². The lowest BCUT2D eigenvalue weighted by Crippen LogP contribution is -2.45. The zero-order valence-electron chi connectivity index (χ0n) is 10.9. The Kier molecular flexibility index (Phi) is 3.65. The highest BCUT2D eigenvalue weighted by molar-refractivity contribution is 6.34. The van der Waals surface area contributed by atoms with E-state index in [9.17, 15) is 20.0 Å². The molecule has 0 radical (unpaired) electrons. The van der Waals surface area contributed by atoms with Crippen LogP contribution in [0.3, 0.4) is 0 Å². The molecule has 0 saturated heterocycles. The summed E-state index contributed by atoms with van der Waals surface area (Å²) in [5.74, 6) is -2.34. The van der Waals surface area contributed by atoms with Crippen LogP contribution in [0.5, 0.6) is 0 Å². The van der Waals surface area contributed by atoms with Gasteiger partial charge in [0.25, 0.3) is 16.7 Å². The Morgan fingerprint density at radius 3 is 2.38 bits per heavy atom. The molecule has 2 aromatic rings. The molecule has 0 bridgehead atoms. The van der Waals surface area contributed by atoms with Crippen LogP contribution in [0.2, 0.25) is 0 Å². The summed E-state index contributed by atoms with van der Waals surface area (Å²) in [7, 11) is 0. The number of carbonyl (C=O) groups excluding carboxylic acids is 2. The topological polar surface area (TPSA) is 138 Å². The fourth-order valence-electron chi connectivity index (χ4n) is 1.72. The van der Waals surface area contributed by atoms with Crippen molar-refractivity contribution in [1.82, 2.24) is 5.43 Å². The number of rotatable bonds is 2. The van der Waals surface area contributed by atoms with Crippen molar-refractivity contribution in [3.05, 3.63) is 46.1 Å². The van der Waals surface area contributed by atoms with Gasteiger partial charge in [-0.15, -0.1) is 0 Å². The Bertz CT molecular complexity index is 772. The number of aromatic nitrogens is 2. The second-order valence-corrected chi connectivity index (χ2v) is 4.11. The molecule has 0 unspecified atom stereocenters. The first kappa shape index (κ1) is 14.2. The summed E-state index contributed by atoms with van der Waals surface area (Å²) in [6, 6.07) is 6.24. The lowest BCUT2D eigenvalue weighted by molar-refractivity contribution is -0.634. The highest BCUT2D eigenvalue weighted by atomic mass is 16.5. The van der Waals surface area contributed by atoms with Crippen molar-refractivity contribution < 1.29 is 19.0 Å². The number of nitrogens with zero attached hydrogens (tertiary/aromatic N) is 3. The van der Waals surface area contributed by atoms with Gasteiger partial charge in [0.1, 0.15) is 6.21 Å². The molecule has 108 valence electrons. The number of nitrogens with two attached hydrogens (primary N) is 1. The van der Waals surface area contributed by atoms with Crippen LogP contribution in [0.1, 0.15) is 11.4 Å². The number of nitrogens with one attached hydrogen (secondary N) is 1. The van der Waals surface area contributed by atoms with Crippen molar-refractivity contribution in [2.24, 2.45) is 10.8 Å². The molecule has 0 aliphatic rings. The van der Waals surface area contributed by atoms with E-state index in [2.05, 4.69) is 5.10 Å². The quantitative estimate of drug-likeness (QED) is 0.225. The van der Waals surface area contributed by atoms with Gasteiger partial charge in [0.05, 0.1) is 0 Å². The van der Waals surface area contributed by atoms with E-state index in [4.69, 9.17) is 5.73 Å². The van der Waals surface area contributed by atoms with Crippen LogP contribution >= 0.6 is 0 Å². The number of hydrogen-bond donors (Lipinski definition) is 2. The highest BCUT2D eigenvalue weighted by Gasteiger charge is 2.23. The SMILES string of the molecule is Cc1c(/C=N/NC(=O)C(N)=O)[n+]([O-])c2ccccc2[n+]1[O-]. The van der Waals surface area contributed by atoms with Crippen LogP contribution < -0.4 is 20.6 Å². The van der Waals surface area contributed by atoms with Crippen LogP contribution in [0, 0.1) is 17.3 Å². The van der Waals surface area contributed by atoms with Crippen molar-refractivity contribution in [2.45, 2.75) is 6.92 Å². The molecule has 21 heavy (non-hydrogen) atoms. The second-order valence-electron chi connectivity index (χ2n) is 4.11. The number of benzene rings is 1. The van der Waals surface area contributed by atoms with Gasteiger partial charge in [0, 0.05) is 19.1 Å². The largest absolute Gasteiger partial charge is 0.618 e. The van der Waals surface area contributed by atoms with E-state index in [-0.39, 0.29) is 22.4 Å². The summed E-state index contributed by atoms with van der Waals surface area (Å²) < 4.78 is 1.10. The average Bonchev–Trinajstić information content (AvgIpc) is 2.48. The maximum absolute atomic E-state index is 12.2. The Morgan fingerprint density at radius 2 is 1.81 bits per heavy atom. The minimum absolute atomic E-state index is 0.0616. The molecule has 0 saturated carbocycles. The van der Waals surface area contributed by atoms with E-state index < -0.39 is 11.8 Å². The van der Waals surface area contributed by atoms with Gasteiger partial charge in [-0.05, 0) is 0 Å². The van der Waals surface area contributed by atoms with Crippen molar-refractivity contribution in [3.63, 3.8) is 0 Å². The van der Waals surface area contributed by atoms with Crippen molar-refractivity contribution in [2.75, 3.05) is 0 Å². The molecule has 9 heteroatoms. The summed E-state index contributed by atoms with van der Waals surface area (Å²) in [6.45, 7) is 1.44. The predicted molar refractivity (Wildman–Crippen MR) is 71.5 cm³/mol. The molecule has 1 aromatic heterocycles. The zero-order chi connectivity index (χ0) is 15.6. The fraction of sp³-hybridized carbons (Fsp3) is 0.0833. The first-order valence-corrected chi connectivity index (χ1v) is 5.80. The number of amides is 2. The smallest absolute Gasteiger partial charge is 0.329 e. The summed E-state index contributed by atoms with van der Waals surface area (Å²) in [4.78, 5) is 21.5. The maximum atomic E-state index is 12.2. The third-order valence-corrected chi connectivity index (χ3v) is 2.79. The minimum atomic E-state index is -1.21. The van der Waals surface area contributed by atoms with Crippen molar-refractivity contribution in [3.8, 4) is 0 Å². The van der Waals surface area contributed by atoms with Crippen LogP contribution in [0.15, 0.2) is 29.4 Å². The molecule has 3 N–H and O–H groups in total. The lowest BCUT2D eigenvalue weighted by atomic mass is 10.2. The molecule has 0 spiro atoms. The molecule has 2 rings (SSSR count). The summed E-state index contributed by atoms with van der Waals surface area (Å²) in [5.41, 5.74) is 6.97. The fourth-order valence-corrected chi connectivity index (χ4v) is 1.72. The van der Waals surface area contributed by atoms with E-state index in [1.165, 1.54) is 19.1 Å². The Labute approximate surface area is 118 Å². The molecule has 0 fully saturated rings. The number of carbonyl (C=O) groups is 2. The molecule has 0 atom stereocenters.